The van der Waals surface area contributed by atoms with Gasteiger partial charge in [0.15, 0.2) is 12.6 Å². The number of hydrogen-bond donors (Lipinski definition) is 1. The molecule has 0 unspecified atom stereocenters. The van der Waals surface area contributed by atoms with E-state index in [1.165, 1.54) is 5.57 Å². The molecule has 0 heterocycles. The molecular weight excluding hydrogens is 524 g/mol. The van der Waals surface area contributed by atoms with Crippen LogP contribution in [0.4, 0.5) is 0 Å². The Morgan fingerprint density at radius 2 is 1.67 bits per heavy atom. The van der Waals surface area contributed by atoms with E-state index in [9.17, 15) is 14.7 Å². The number of aliphatic hydroxyl groups excluding tert-OH is 1. The number of allylic oxidation sites excluding steroid dienone is 7. The van der Waals surface area contributed by atoms with Crippen LogP contribution in [0.2, 0.25) is 0 Å². The van der Waals surface area contributed by atoms with Gasteiger partial charge >= 0.3 is 5.97 Å². The van der Waals surface area contributed by atoms with Crippen LogP contribution < -0.4 is 0 Å². The number of benzene rings is 1. The van der Waals surface area contributed by atoms with Crippen molar-refractivity contribution in [2.75, 3.05) is 6.79 Å². The van der Waals surface area contributed by atoms with Crippen molar-refractivity contribution in [3.63, 3.8) is 0 Å². The maximum absolute atomic E-state index is 13.6. The first-order chi connectivity index (χ1) is 19.8. The van der Waals surface area contributed by atoms with Crippen LogP contribution in [0.15, 0.2) is 76.6 Å². The molecule has 1 aromatic rings. The molecule has 224 valence electrons. The molecule has 0 radical (unpaired) electrons. The largest absolute Gasteiger partial charge is 0.504 e. The third kappa shape index (κ3) is 4.13. The topological polar surface area (TPSA) is 72.8 Å². The summed E-state index contributed by atoms with van der Waals surface area (Å²) in [6.07, 6.45) is 13.0. The lowest BCUT2D eigenvalue weighted by molar-refractivity contribution is -0.190. The standard InChI is InChI=1S/C37H46O5/c1-24-26-12-13-29-35(4,27(26)20-28(38)31(24)39)17-19-37(6)30-21-34(3,15-14-33(30,2)16-18-36(29,37)5)32(40)42-23-41-22-25-10-8-7-9-11-25/h7-13,20,30,39H,14-19,21-23H2,1-6H3/t30-,33-,34-,35+,36-,37+/m1/s1. The maximum atomic E-state index is 13.6. The van der Waals surface area contributed by atoms with Crippen LogP contribution in [0.3, 0.4) is 0 Å². The van der Waals surface area contributed by atoms with Gasteiger partial charge in [0.2, 0.25) is 5.78 Å². The molecule has 5 aliphatic rings. The van der Waals surface area contributed by atoms with Crippen LogP contribution in [-0.2, 0) is 25.7 Å². The molecule has 5 heteroatoms. The second kappa shape index (κ2) is 9.80. The first-order valence-electron chi connectivity index (χ1n) is 15.7. The number of fused-ring (bicyclic) bond motifs is 7. The number of ether oxygens (including phenoxy) is 2. The van der Waals surface area contributed by atoms with Crippen molar-refractivity contribution in [1.82, 2.24) is 0 Å². The highest BCUT2D eigenvalue weighted by atomic mass is 16.7. The van der Waals surface area contributed by atoms with E-state index in [-0.39, 0.29) is 46.0 Å². The molecule has 0 aliphatic heterocycles. The van der Waals surface area contributed by atoms with E-state index in [0.29, 0.717) is 18.1 Å². The summed E-state index contributed by atoms with van der Waals surface area (Å²) in [4.78, 5) is 26.3. The second-order valence-corrected chi connectivity index (χ2v) is 15.0. The van der Waals surface area contributed by atoms with Crippen molar-refractivity contribution >= 4 is 11.8 Å². The molecule has 3 fully saturated rings. The third-order valence-corrected chi connectivity index (χ3v) is 12.7. The van der Waals surface area contributed by atoms with Crippen LogP contribution in [-0.4, -0.2) is 23.7 Å². The van der Waals surface area contributed by atoms with E-state index in [4.69, 9.17) is 9.47 Å². The highest BCUT2D eigenvalue weighted by Gasteiger charge is 2.67. The monoisotopic (exact) mass is 570 g/mol. The summed E-state index contributed by atoms with van der Waals surface area (Å²) in [6.45, 7) is 14.0. The molecule has 0 saturated heterocycles. The minimum atomic E-state index is -0.548. The van der Waals surface area contributed by atoms with Crippen LogP contribution in [0.1, 0.15) is 92.1 Å². The number of ketones is 1. The summed E-state index contributed by atoms with van der Waals surface area (Å²) in [5.41, 5.74) is 4.49. The van der Waals surface area contributed by atoms with Crippen molar-refractivity contribution in [3.8, 4) is 0 Å². The number of carbonyl (C=O) groups excluding carboxylic acids is 2. The van der Waals surface area contributed by atoms with Crippen molar-refractivity contribution in [2.45, 2.75) is 93.1 Å². The Hall–Kier alpha value is -2.92. The van der Waals surface area contributed by atoms with Gasteiger partial charge < -0.3 is 14.6 Å². The summed E-state index contributed by atoms with van der Waals surface area (Å²) in [5.74, 6) is -0.203. The Bertz CT molecular complexity index is 1450. The van der Waals surface area contributed by atoms with Gasteiger partial charge in [-0.15, -0.1) is 0 Å². The number of rotatable bonds is 5. The molecule has 3 saturated carbocycles. The first kappa shape index (κ1) is 29.2. The Balaban J connectivity index is 1.26. The molecule has 1 N–H and O–H groups in total. The van der Waals surface area contributed by atoms with Crippen molar-refractivity contribution < 1.29 is 24.2 Å². The molecule has 42 heavy (non-hydrogen) atoms. The van der Waals surface area contributed by atoms with Gasteiger partial charge in [0.25, 0.3) is 0 Å². The van der Waals surface area contributed by atoms with Crippen molar-refractivity contribution in [3.05, 3.63) is 82.2 Å². The fourth-order valence-electron chi connectivity index (χ4n) is 9.65. The summed E-state index contributed by atoms with van der Waals surface area (Å²) in [7, 11) is 0. The van der Waals surface area contributed by atoms with Crippen LogP contribution >= 0.6 is 0 Å². The number of esters is 1. The average molecular weight is 571 g/mol. The van der Waals surface area contributed by atoms with Gasteiger partial charge in [0.05, 0.1) is 12.0 Å². The van der Waals surface area contributed by atoms with Crippen LogP contribution in [0, 0.1) is 33.0 Å². The lowest BCUT2D eigenvalue weighted by atomic mass is 9.34. The minimum Gasteiger partial charge on any atom is -0.504 e. The van der Waals surface area contributed by atoms with Crippen LogP contribution in [0.5, 0.6) is 0 Å². The predicted molar refractivity (Wildman–Crippen MR) is 163 cm³/mol. The van der Waals surface area contributed by atoms with E-state index in [0.717, 1.165) is 61.7 Å². The Morgan fingerprint density at radius 3 is 2.40 bits per heavy atom. The summed E-state index contributed by atoms with van der Waals surface area (Å²) >= 11 is 0. The van der Waals surface area contributed by atoms with Gasteiger partial charge in [0, 0.05) is 11.0 Å². The Morgan fingerprint density at radius 1 is 0.952 bits per heavy atom. The number of carbonyl (C=O) groups is 2. The van der Waals surface area contributed by atoms with E-state index < -0.39 is 5.41 Å². The zero-order valence-corrected chi connectivity index (χ0v) is 26.1. The minimum absolute atomic E-state index is 0.00524. The van der Waals surface area contributed by atoms with E-state index in [1.807, 2.05) is 37.3 Å². The highest BCUT2D eigenvalue weighted by Crippen LogP contribution is 2.75. The smallest absolute Gasteiger partial charge is 0.313 e. The SMILES string of the molecule is CC1=C(O)C(=O)C=C2C1=CC=C1[C@@]2(C)CC[C@@]2(C)[C@@H]3C[C@](C)(C(=O)OCOCc4ccccc4)CC[C@]3(C)CC[C@]12C. The number of hydrogen-bond acceptors (Lipinski definition) is 5. The molecule has 6 rings (SSSR count). The maximum Gasteiger partial charge on any atom is 0.313 e. The Kier molecular flexibility index (Phi) is 6.81. The van der Waals surface area contributed by atoms with Gasteiger partial charge in [-0.2, -0.15) is 0 Å². The third-order valence-electron chi connectivity index (χ3n) is 12.7. The molecule has 6 atom stereocenters. The zero-order chi connectivity index (χ0) is 30.1. The molecule has 0 spiro atoms. The lowest BCUT2D eigenvalue weighted by Crippen LogP contribution is -2.62. The number of aliphatic hydroxyl groups is 1. The predicted octanol–water partition coefficient (Wildman–Crippen LogP) is 8.33. The van der Waals surface area contributed by atoms with Gasteiger partial charge in [-0.05, 0) is 104 Å². The van der Waals surface area contributed by atoms with Crippen LogP contribution in [0.25, 0.3) is 0 Å². The summed E-state index contributed by atoms with van der Waals surface area (Å²) in [6, 6.07) is 9.93. The molecule has 0 bridgehead atoms. The zero-order valence-electron chi connectivity index (χ0n) is 26.1. The fourth-order valence-corrected chi connectivity index (χ4v) is 9.65. The van der Waals surface area contributed by atoms with Crippen molar-refractivity contribution in [2.24, 2.45) is 33.0 Å². The molecular formula is C37H46O5. The lowest BCUT2D eigenvalue weighted by Gasteiger charge is -2.70. The fraction of sp³-hybridized carbons (Fsp3) is 0.568. The summed E-state index contributed by atoms with van der Waals surface area (Å²) < 4.78 is 11.5. The molecule has 1 aromatic carbocycles. The normalized spacial score (nSPS) is 39.1. The molecule has 5 aliphatic carbocycles. The average Bonchev–Trinajstić information content (AvgIpc) is 2.97. The Labute approximate surface area is 250 Å². The molecule has 0 amide bonds. The summed E-state index contributed by atoms with van der Waals surface area (Å²) in [5, 5.41) is 10.4. The van der Waals surface area contributed by atoms with Gasteiger partial charge in [-0.1, -0.05) is 75.8 Å². The van der Waals surface area contributed by atoms with Crippen molar-refractivity contribution in [1.29, 1.82) is 0 Å². The van der Waals surface area contributed by atoms with Gasteiger partial charge in [-0.3, -0.25) is 9.59 Å². The quantitative estimate of drug-likeness (QED) is 0.219. The van der Waals surface area contributed by atoms with E-state index in [2.05, 4.69) is 46.8 Å². The molecule has 5 nitrogen and oxygen atoms in total. The van der Waals surface area contributed by atoms with E-state index in [1.54, 1.807) is 6.08 Å². The van der Waals surface area contributed by atoms with Gasteiger partial charge in [0.1, 0.15) is 0 Å². The second-order valence-electron chi connectivity index (χ2n) is 15.0. The first-order valence-corrected chi connectivity index (χ1v) is 15.7. The highest BCUT2D eigenvalue weighted by molar-refractivity contribution is 6.06. The molecule has 0 aromatic heterocycles. The van der Waals surface area contributed by atoms with Gasteiger partial charge in [-0.25, -0.2) is 0 Å². The van der Waals surface area contributed by atoms with E-state index >= 15 is 0 Å².